The van der Waals surface area contributed by atoms with Crippen LogP contribution in [0.15, 0.2) is 34.5 Å². The molecule has 0 bridgehead atoms. The maximum Gasteiger partial charge on any atom is 0.357 e. The fourth-order valence-corrected chi connectivity index (χ4v) is 3.26. The van der Waals surface area contributed by atoms with Crippen molar-refractivity contribution in [1.82, 2.24) is 9.88 Å². The summed E-state index contributed by atoms with van der Waals surface area (Å²) in [4.78, 5) is 31.1. The van der Waals surface area contributed by atoms with E-state index in [1.807, 2.05) is 30.5 Å². The summed E-state index contributed by atoms with van der Waals surface area (Å²) in [7, 11) is 2.89. The summed E-state index contributed by atoms with van der Waals surface area (Å²) in [6.45, 7) is 1.08. The molecule has 0 aliphatic heterocycles. The van der Waals surface area contributed by atoms with Crippen molar-refractivity contribution in [3.63, 3.8) is 0 Å². The number of carbonyl (C=O) groups is 2. The fraction of sp³-hybridized carbons (Fsp3) is 0.353. The van der Waals surface area contributed by atoms with Gasteiger partial charge in [-0.15, -0.1) is 23.1 Å². The van der Waals surface area contributed by atoms with Gasteiger partial charge in [-0.1, -0.05) is 0 Å². The molecule has 0 spiro atoms. The van der Waals surface area contributed by atoms with Gasteiger partial charge in [-0.2, -0.15) is 0 Å². The lowest BCUT2D eigenvalue weighted by Gasteiger charge is -2.21. The van der Waals surface area contributed by atoms with Gasteiger partial charge in [0.1, 0.15) is 5.01 Å². The van der Waals surface area contributed by atoms with Gasteiger partial charge in [0.25, 0.3) is 0 Å². The molecule has 1 aromatic carbocycles. The van der Waals surface area contributed by atoms with E-state index in [1.54, 1.807) is 29.2 Å². The van der Waals surface area contributed by atoms with E-state index in [2.05, 4.69) is 15.0 Å². The number of thioether (sulfide) groups is 1. The Hall–Kier alpha value is -2.10. The van der Waals surface area contributed by atoms with Crippen molar-refractivity contribution in [3.05, 3.63) is 40.3 Å². The van der Waals surface area contributed by atoms with Gasteiger partial charge in [-0.05, 0) is 30.5 Å². The van der Waals surface area contributed by atoms with Crippen molar-refractivity contribution in [2.24, 2.45) is 0 Å². The minimum absolute atomic E-state index is 0.243. The third-order valence-electron chi connectivity index (χ3n) is 3.47. The molecule has 0 saturated carbocycles. The Kier molecular flexibility index (Phi) is 7.89. The molecule has 1 heterocycles. The lowest BCUT2D eigenvalue weighted by Crippen LogP contribution is -2.36. The molecule has 2 rings (SSSR count). The molecule has 7 nitrogen and oxygen atoms in total. The predicted octanol–water partition coefficient (Wildman–Crippen LogP) is 3.33. The number of amides is 2. The molecule has 0 fully saturated rings. The number of carbonyl (C=O) groups excluding carboxylic acids is 2. The number of esters is 1. The summed E-state index contributed by atoms with van der Waals surface area (Å²) in [6.07, 6.45) is 2.00. The number of aromatic nitrogens is 1. The highest BCUT2D eigenvalue weighted by Gasteiger charge is 2.18. The number of rotatable bonds is 8. The number of urea groups is 1. The number of methoxy groups -OCH3 is 2. The van der Waals surface area contributed by atoms with Gasteiger partial charge in [-0.25, -0.2) is 14.6 Å². The highest BCUT2D eigenvalue weighted by Crippen LogP contribution is 2.18. The van der Waals surface area contributed by atoms with Crippen LogP contribution in [-0.2, 0) is 16.0 Å². The van der Waals surface area contributed by atoms with Gasteiger partial charge in [0.2, 0.25) is 0 Å². The van der Waals surface area contributed by atoms with Crippen molar-refractivity contribution in [2.75, 3.05) is 38.9 Å². The van der Waals surface area contributed by atoms with E-state index >= 15 is 0 Å². The number of ether oxygens (including phenoxy) is 2. The lowest BCUT2D eigenvalue weighted by molar-refractivity contribution is 0.0594. The Morgan fingerprint density at radius 3 is 2.62 bits per heavy atom. The maximum atomic E-state index is 12.6. The summed E-state index contributed by atoms with van der Waals surface area (Å²) in [6, 6.07) is 7.36. The van der Waals surface area contributed by atoms with Gasteiger partial charge in [0.05, 0.1) is 20.3 Å². The van der Waals surface area contributed by atoms with E-state index in [0.717, 1.165) is 4.90 Å². The first kappa shape index (κ1) is 20.2. The molecule has 26 heavy (non-hydrogen) atoms. The third-order valence-corrected chi connectivity index (χ3v) is 5.04. The quantitative estimate of drug-likeness (QED) is 0.545. The Bertz CT molecular complexity index is 734. The number of hydrogen-bond acceptors (Lipinski definition) is 7. The second-order valence-corrected chi connectivity index (χ2v) is 7.01. The predicted molar refractivity (Wildman–Crippen MR) is 103 cm³/mol. The topological polar surface area (TPSA) is 80.8 Å². The van der Waals surface area contributed by atoms with Gasteiger partial charge in [0.15, 0.2) is 5.69 Å². The molecule has 140 valence electrons. The Balaban J connectivity index is 2.05. The maximum absolute atomic E-state index is 12.6. The van der Waals surface area contributed by atoms with Gasteiger partial charge in [-0.3, -0.25) is 0 Å². The van der Waals surface area contributed by atoms with Crippen molar-refractivity contribution >= 4 is 40.8 Å². The second kappa shape index (κ2) is 10.1. The fourth-order valence-electron chi connectivity index (χ4n) is 2.08. The van der Waals surface area contributed by atoms with Crippen LogP contribution in [0, 0.1) is 0 Å². The number of nitrogens with zero attached hydrogens (tertiary/aromatic N) is 2. The lowest BCUT2D eigenvalue weighted by atomic mass is 10.3. The zero-order valence-electron chi connectivity index (χ0n) is 14.9. The summed E-state index contributed by atoms with van der Waals surface area (Å²) in [5, 5.41) is 5.14. The molecule has 2 aromatic rings. The van der Waals surface area contributed by atoms with Crippen LogP contribution in [0.25, 0.3) is 0 Å². The summed E-state index contributed by atoms with van der Waals surface area (Å²) >= 11 is 2.94. The summed E-state index contributed by atoms with van der Waals surface area (Å²) < 4.78 is 9.74. The molecular weight excluding hydrogens is 374 g/mol. The molecule has 0 unspecified atom stereocenters. The zero-order valence-corrected chi connectivity index (χ0v) is 16.5. The number of anilines is 1. The van der Waals surface area contributed by atoms with Gasteiger partial charge < -0.3 is 19.7 Å². The van der Waals surface area contributed by atoms with E-state index in [4.69, 9.17) is 4.74 Å². The first-order chi connectivity index (χ1) is 12.6. The van der Waals surface area contributed by atoms with Crippen LogP contribution in [0.4, 0.5) is 10.5 Å². The average Bonchev–Trinajstić information content (AvgIpc) is 3.13. The van der Waals surface area contributed by atoms with Crippen LogP contribution in [0.5, 0.6) is 0 Å². The highest BCUT2D eigenvalue weighted by atomic mass is 32.2. The SMILES string of the molecule is COCCN(Cc1nc(C(=O)OC)cs1)C(=O)Nc1ccc(SC)cc1. The van der Waals surface area contributed by atoms with Crippen molar-refractivity contribution in [1.29, 1.82) is 0 Å². The summed E-state index contributed by atoms with van der Waals surface area (Å²) in [5.41, 5.74) is 0.955. The number of nitrogens with one attached hydrogen (secondary N) is 1. The second-order valence-electron chi connectivity index (χ2n) is 5.19. The molecular formula is C17H21N3O4S2. The minimum atomic E-state index is -0.491. The first-order valence-corrected chi connectivity index (χ1v) is 9.89. The number of hydrogen-bond donors (Lipinski definition) is 1. The van der Waals surface area contributed by atoms with Crippen LogP contribution < -0.4 is 5.32 Å². The zero-order chi connectivity index (χ0) is 18.9. The molecule has 2 amide bonds. The van der Waals surface area contributed by atoms with E-state index in [1.165, 1.54) is 18.4 Å². The molecule has 9 heteroatoms. The summed E-state index contributed by atoms with van der Waals surface area (Å²) in [5.74, 6) is -0.491. The van der Waals surface area contributed by atoms with E-state index < -0.39 is 5.97 Å². The van der Waals surface area contributed by atoms with Crippen molar-refractivity contribution < 1.29 is 19.1 Å². The Morgan fingerprint density at radius 2 is 2.00 bits per heavy atom. The van der Waals surface area contributed by atoms with Gasteiger partial charge in [0, 0.05) is 29.6 Å². The van der Waals surface area contributed by atoms with E-state index in [9.17, 15) is 9.59 Å². The minimum Gasteiger partial charge on any atom is -0.464 e. The normalized spacial score (nSPS) is 10.4. The standard InChI is InChI=1S/C17H21N3O4S2/c1-23-9-8-20(10-15-19-14(11-26-15)16(21)24-2)17(22)18-12-4-6-13(25-3)7-5-12/h4-7,11H,8-10H2,1-3H3,(H,18,22). The Labute approximate surface area is 160 Å². The molecule has 0 radical (unpaired) electrons. The van der Waals surface area contributed by atoms with Crippen molar-refractivity contribution in [3.8, 4) is 0 Å². The number of benzene rings is 1. The molecule has 1 N–H and O–H groups in total. The third kappa shape index (κ3) is 5.72. The van der Waals surface area contributed by atoms with Crippen LogP contribution in [0.1, 0.15) is 15.5 Å². The van der Waals surface area contributed by atoms with E-state index in [0.29, 0.717) is 23.8 Å². The molecule has 0 aliphatic carbocycles. The average molecular weight is 396 g/mol. The smallest absolute Gasteiger partial charge is 0.357 e. The van der Waals surface area contributed by atoms with E-state index in [-0.39, 0.29) is 18.3 Å². The first-order valence-electron chi connectivity index (χ1n) is 7.79. The van der Waals surface area contributed by atoms with Crippen LogP contribution in [0.3, 0.4) is 0 Å². The molecule has 0 aliphatic rings. The van der Waals surface area contributed by atoms with Crippen LogP contribution in [0.2, 0.25) is 0 Å². The molecule has 1 aromatic heterocycles. The number of thiazole rings is 1. The van der Waals surface area contributed by atoms with Crippen molar-refractivity contribution in [2.45, 2.75) is 11.4 Å². The monoisotopic (exact) mass is 395 g/mol. The highest BCUT2D eigenvalue weighted by molar-refractivity contribution is 7.98. The van der Waals surface area contributed by atoms with Gasteiger partial charge >= 0.3 is 12.0 Å². The largest absolute Gasteiger partial charge is 0.464 e. The molecule has 0 atom stereocenters. The molecule has 0 saturated heterocycles. The van der Waals surface area contributed by atoms with Crippen LogP contribution in [-0.4, -0.2) is 55.5 Å². The Morgan fingerprint density at radius 1 is 1.27 bits per heavy atom. The van der Waals surface area contributed by atoms with Crippen LogP contribution >= 0.6 is 23.1 Å².